The second-order valence-corrected chi connectivity index (χ2v) is 5.98. The van der Waals surface area contributed by atoms with Crippen LogP contribution in [-0.4, -0.2) is 61.1 Å². The highest BCUT2D eigenvalue weighted by atomic mass is 15.3. The van der Waals surface area contributed by atoms with Crippen molar-refractivity contribution in [2.75, 3.05) is 40.3 Å². The first-order valence-electron chi connectivity index (χ1n) is 7.65. The lowest BCUT2D eigenvalue weighted by molar-refractivity contribution is 0.101. The number of piperazine rings is 1. The third-order valence-electron chi connectivity index (χ3n) is 4.28. The van der Waals surface area contributed by atoms with Crippen LogP contribution in [-0.2, 0) is 0 Å². The zero-order valence-electron chi connectivity index (χ0n) is 13.3. The molecule has 2 atom stereocenters. The largest absolute Gasteiger partial charge is 0.310 e. The number of pyridine rings is 1. The molecule has 1 aliphatic heterocycles. The second kappa shape index (κ2) is 7.16. The first kappa shape index (κ1) is 15.4. The van der Waals surface area contributed by atoms with E-state index >= 15 is 0 Å². The van der Waals surface area contributed by atoms with Crippen molar-refractivity contribution in [3.63, 3.8) is 0 Å². The van der Waals surface area contributed by atoms with Gasteiger partial charge in [0.05, 0.1) is 0 Å². The Kier molecular flexibility index (Phi) is 5.52. The molecule has 4 heteroatoms. The summed E-state index contributed by atoms with van der Waals surface area (Å²) in [6.07, 6.45) is 3.16. The summed E-state index contributed by atoms with van der Waals surface area (Å²) in [5.41, 5.74) is 2.39. The quantitative estimate of drug-likeness (QED) is 0.886. The van der Waals surface area contributed by atoms with E-state index in [0.717, 1.165) is 31.7 Å². The van der Waals surface area contributed by atoms with Crippen LogP contribution in [0.2, 0.25) is 0 Å². The van der Waals surface area contributed by atoms with Gasteiger partial charge in [-0.2, -0.15) is 0 Å². The molecule has 20 heavy (non-hydrogen) atoms. The molecule has 0 aromatic carbocycles. The molecule has 112 valence electrons. The van der Waals surface area contributed by atoms with Crippen LogP contribution in [0.15, 0.2) is 18.3 Å². The molecule has 0 spiro atoms. The van der Waals surface area contributed by atoms with Crippen molar-refractivity contribution in [2.45, 2.75) is 32.4 Å². The molecular weight excluding hydrogens is 248 g/mol. The topological polar surface area (TPSA) is 31.4 Å². The van der Waals surface area contributed by atoms with Crippen LogP contribution in [0.1, 0.15) is 30.6 Å². The molecule has 0 amide bonds. The van der Waals surface area contributed by atoms with Gasteiger partial charge in [-0.25, -0.2) is 0 Å². The Morgan fingerprint density at radius 3 is 2.80 bits per heavy atom. The summed E-state index contributed by atoms with van der Waals surface area (Å²) in [4.78, 5) is 9.37. The van der Waals surface area contributed by atoms with Crippen LogP contribution in [0.25, 0.3) is 0 Å². The maximum Gasteiger partial charge on any atom is 0.0372 e. The summed E-state index contributed by atoms with van der Waals surface area (Å²) in [5.74, 6) is 0. The van der Waals surface area contributed by atoms with E-state index in [-0.39, 0.29) is 0 Å². The summed E-state index contributed by atoms with van der Waals surface area (Å²) >= 11 is 0. The fraction of sp³-hybridized carbons (Fsp3) is 0.688. The number of aromatic nitrogens is 1. The SMILES string of the molecule is CCNC(CC1CN(C)CCN1C)c1ccc(C)nc1. The van der Waals surface area contributed by atoms with E-state index in [1.807, 2.05) is 13.1 Å². The van der Waals surface area contributed by atoms with Crippen LogP contribution in [0.3, 0.4) is 0 Å². The minimum atomic E-state index is 0.395. The van der Waals surface area contributed by atoms with E-state index in [0.29, 0.717) is 12.1 Å². The van der Waals surface area contributed by atoms with Crippen LogP contribution in [0.5, 0.6) is 0 Å². The molecule has 1 aromatic heterocycles. The van der Waals surface area contributed by atoms with Gasteiger partial charge in [-0.3, -0.25) is 4.98 Å². The van der Waals surface area contributed by atoms with E-state index in [2.05, 4.69) is 53.3 Å². The van der Waals surface area contributed by atoms with Crippen molar-refractivity contribution in [3.05, 3.63) is 29.6 Å². The molecule has 1 N–H and O–H groups in total. The highest BCUT2D eigenvalue weighted by Gasteiger charge is 2.25. The predicted molar refractivity (Wildman–Crippen MR) is 83.9 cm³/mol. The first-order valence-corrected chi connectivity index (χ1v) is 7.65. The minimum absolute atomic E-state index is 0.395. The number of nitrogens with zero attached hydrogens (tertiary/aromatic N) is 3. The van der Waals surface area contributed by atoms with Crippen LogP contribution >= 0.6 is 0 Å². The minimum Gasteiger partial charge on any atom is -0.310 e. The van der Waals surface area contributed by atoms with Gasteiger partial charge in [0, 0.05) is 43.6 Å². The summed E-state index contributed by atoms with van der Waals surface area (Å²) in [6, 6.07) is 5.32. The van der Waals surface area contributed by atoms with E-state index in [1.165, 1.54) is 12.1 Å². The lowest BCUT2D eigenvalue weighted by atomic mass is 9.98. The zero-order chi connectivity index (χ0) is 14.5. The molecule has 0 radical (unpaired) electrons. The van der Waals surface area contributed by atoms with Gasteiger partial charge in [-0.15, -0.1) is 0 Å². The Labute approximate surface area is 123 Å². The first-order chi connectivity index (χ1) is 9.60. The standard InChI is InChI=1S/C16H28N4/c1-5-17-16(14-7-6-13(2)18-11-14)10-15-12-19(3)8-9-20(15)4/h6-7,11,15-17H,5,8-10,12H2,1-4H3. The smallest absolute Gasteiger partial charge is 0.0372 e. The molecule has 2 heterocycles. The molecule has 0 bridgehead atoms. The number of aryl methyl sites for hydroxylation is 1. The third-order valence-corrected chi connectivity index (χ3v) is 4.28. The second-order valence-electron chi connectivity index (χ2n) is 5.98. The van der Waals surface area contributed by atoms with Crippen molar-refractivity contribution in [1.82, 2.24) is 20.1 Å². The van der Waals surface area contributed by atoms with Crippen molar-refractivity contribution in [3.8, 4) is 0 Å². The fourth-order valence-electron chi connectivity index (χ4n) is 2.90. The van der Waals surface area contributed by atoms with Gasteiger partial charge in [-0.05, 0) is 45.6 Å². The number of hydrogen-bond acceptors (Lipinski definition) is 4. The highest BCUT2D eigenvalue weighted by Crippen LogP contribution is 2.22. The van der Waals surface area contributed by atoms with Gasteiger partial charge in [0.15, 0.2) is 0 Å². The van der Waals surface area contributed by atoms with Crippen molar-refractivity contribution < 1.29 is 0 Å². The molecule has 1 saturated heterocycles. The molecule has 1 fully saturated rings. The van der Waals surface area contributed by atoms with Crippen LogP contribution in [0, 0.1) is 6.92 Å². The average molecular weight is 276 g/mol. The highest BCUT2D eigenvalue weighted by molar-refractivity contribution is 5.17. The van der Waals surface area contributed by atoms with Gasteiger partial charge < -0.3 is 15.1 Å². The summed E-state index contributed by atoms with van der Waals surface area (Å²) < 4.78 is 0. The Hall–Kier alpha value is -0.970. The fourth-order valence-corrected chi connectivity index (χ4v) is 2.90. The Morgan fingerprint density at radius 1 is 1.35 bits per heavy atom. The van der Waals surface area contributed by atoms with Crippen LogP contribution < -0.4 is 5.32 Å². The lowest BCUT2D eigenvalue weighted by Crippen LogP contribution is -2.51. The molecule has 1 aliphatic rings. The summed E-state index contributed by atoms with van der Waals surface area (Å²) in [5, 5.41) is 3.62. The third kappa shape index (κ3) is 4.01. The predicted octanol–water partition coefficient (Wildman–Crippen LogP) is 1.68. The van der Waals surface area contributed by atoms with Gasteiger partial charge in [0.1, 0.15) is 0 Å². The van der Waals surface area contributed by atoms with E-state index in [4.69, 9.17) is 0 Å². The Bertz CT molecular complexity index is 403. The van der Waals surface area contributed by atoms with Gasteiger partial charge in [0.25, 0.3) is 0 Å². The summed E-state index contributed by atoms with van der Waals surface area (Å²) in [6.45, 7) is 8.68. The zero-order valence-corrected chi connectivity index (χ0v) is 13.3. The molecule has 1 aromatic rings. The van der Waals surface area contributed by atoms with E-state index < -0.39 is 0 Å². The molecule has 2 unspecified atom stereocenters. The molecular formula is C16H28N4. The Balaban J connectivity index is 2.06. The summed E-state index contributed by atoms with van der Waals surface area (Å²) in [7, 11) is 4.46. The maximum atomic E-state index is 4.45. The maximum absolute atomic E-state index is 4.45. The van der Waals surface area contributed by atoms with Crippen molar-refractivity contribution in [1.29, 1.82) is 0 Å². The monoisotopic (exact) mass is 276 g/mol. The molecule has 2 rings (SSSR count). The van der Waals surface area contributed by atoms with Crippen LogP contribution in [0.4, 0.5) is 0 Å². The Morgan fingerprint density at radius 2 is 2.15 bits per heavy atom. The van der Waals surface area contributed by atoms with Gasteiger partial charge in [0.2, 0.25) is 0 Å². The number of likely N-dealkylation sites (N-methyl/N-ethyl adjacent to an activating group) is 2. The molecule has 0 saturated carbocycles. The average Bonchev–Trinajstić information content (AvgIpc) is 2.43. The normalized spacial score (nSPS) is 22.9. The van der Waals surface area contributed by atoms with Gasteiger partial charge in [-0.1, -0.05) is 13.0 Å². The molecule has 4 nitrogen and oxygen atoms in total. The van der Waals surface area contributed by atoms with Gasteiger partial charge >= 0.3 is 0 Å². The lowest BCUT2D eigenvalue weighted by Gasteiger charge is -2.39. The number of nitrogens with one attached hydrogen (secondary N) is 1. The number of rotatable bonds is 5. The molecule has 0 aliphatic carbocycles. The van der Waals surface area contributed by atoms with E-state index in [9.17, 15) is 0 Å². The van der Waals surface area contributed by atoms with Crippen molar-refractivity contribution in [2.24, 2.45) is 0 Å². The number of hydrogen-bond donors (Lipinski definition) is 1. The van der Waals surface area contributed by atoms with E-state index in [1.54, 1.807) is 0 Å². The van der Waals surface area contributed by atoms with Crippen molar-refractivity contribution >= 4 is 0 Å².